The lowest BCUT2D eigenvalue weighted by Gasteiger charge is -2.21. The number of thiophene rings is 1. The van der Waals surface area contributed by atoms with Gasteiger partial charge in [-0.1, -0.05) is 112 Å². The molecule has 270 valence electrons. The third-order valence-corrected chi connectivity index (χ3v) is 12.9. The Morgan fingerprint density at radius 3 is 1.68 bits per heavy atom. The summed E-state index contributed by atoms with van der Waals surface area (Å²) in [7, 11) is 0. The van der Waals surface area contributed by atoms with Crippen molar-refractivity contribution in [3.63, 3.8) is 0 Å². The van der Waals surface area contributed by atoms with Crippen molar-refractivity contribution in [1.29, 1.82) is 0 Å². The molecule has 0 amide bonds. The monoisotopic (exact) mass is 768 g/mol. The zero-order chi connectivity index (χ0) is 55.4. The Labute approximate surface area is 361 Å². The average Bonchev–Trinajstić information content (AvgIpc) is 4.19. The molecule has 2 aliphatic rings. The van der Waals surface area contributed by atoms with Gasteiger partial charge in [0.15, 0.2) is 5.82 Å². The van der Waals surface area contributed by atoms with Crippen LogP contribution in [0.5, 0.6) is 0 Å². The summed E-state index contributed by atoms with van der Waals surface area (Å²) >= 11 is 1.19. The normalized spacial score (nSPS) is 19.9. The Bertz CT molecular complexity index is 4760. The van der Waals surface area contributed by atoms with Gasteiger partial charge in [-0.05, 0) is 99.0 Å². The average molecular weight is 769 g/mol. The van der Waals surface area contributed by atoms with Crippen molar-refractivity contribution in [3.8, 4) is 33.8 Å². The highest BCUT2D eigenvalue weighted by Gasteiger charge is 2.37. The first-order valence-corrected chi connectivity index (χ1v) is 19.0. The van der Waals surface area contributed by atoms with Crippen LogP contribution in [0.3, 0.4) is 0 Å². The number of hydrogen-bond donors (Lipinski definition) is 0. The van der Waals surface area contributed by atoms with E-state index in [-0.39, 0.29) is 136 Å². The molecule has 7 aromatic carbocycles. The predicted molar refractivity (Wildman–Crippen MR) is 239 cm³/mol. The van der Waals surface area contributed by atoms with E-state index in [1.165, 1.54) is 26.8 Å². The van der Waals surface area contributed by atoms with Crippen molar-refractivity contribution in [2.45, 2.75) is 38.5 Å². The van der Waals surface area contributed by atoms with Gasteiger partial charge in [0.05, 0.1) is 59.7 Å². The number of aromatic nitrogens is 4. The molecule has 2 aliphatic carbocycles. The largest absolute Gasteiger partial charge is 0.309 e. The van der Waals surface area contributed by atoms with Crippen LogP contribution in [0.1, 0.15) is 77.4 Å². The van der Waals surface area contributed by atoms with Gasteiger partial charge in [0.2, 0.25) is 0 Å². The Balaban J connectivity index is 1.14. The summed E-state index contributed by atoms with van der Waals surface area (Å²) in [5.41, 5.74) is -1.16. The van der Waals surface area contributed by atoms with Crippen LogP contribution in [0, 0.1) is 0 Å². The maximum atomic E-state index is 10.1. The van der Waals surface area contributed by atoms with Crippen molar-refractivity contribution in [1.82, 2.24) is 19.1 Å². The molecule has 0 spiro atoms. The van der Waals surface area contributed by atoms with Gasteiger partial charge in [-0.25, -0.2) is 9.97 Å². The van der Waals surface area contributed by atoms with Crippen molar-refractivity contribution < 1.29 is 27.4 Å². The summed E-state index contributed by atoms with van der Waals surface area (Å²) in [5.74, 6) is 0.0676. The fourth-order valence-electron chi connectivity index (χ4n) is 9.03. The van der Waals surface area contributed by atoms with Gasteiger partial charge in [0.25, 0.3) is 0 Å². The van der Waals surface area contributed by atoms with Crippen LogP contribution in [-0.2, 0) is 10.8 Å². The number of hydrogen-bond acceptors (Lipinski definition) is 3. The van der Waals surface area contributed by atoms with E-state index in [0.29, 0.717) is 20.3 Å². The van der Waals surface area contributed by atoms with Crippen molar-refractivity contribution in [2.24, 2.45) is 0 Å². The standard InChI is InChI=1S/C52H36N4S/c1-51(2)39-17-9-5-13-30(39)34-24-36-32-15-7-11-19-43(32)55(45(36)26-41(34)51)29-21-22-47-38(23-29)48-49(57-47)50(54-28-53-48)56-44-20-12-8-16-33(44)37-25-35-31-14-6-10-18-40(31)52(3,4)42(35)27-46(37)56/h5-28H,1-4H3/i5D,6D,7D,8D,9D,10D,11D,12D,13D,14D,15D,16D,17D,18D,19D,20D,24D,25D,26D,27D. The molecular formula is C52H36N4S. The smallest absolute Gasteiger partial charge is 0.159 e. The van der Waals surface area contributed by atoms with E-state index in [1.54, 1.807) is 45.9 Å². The molecule has 0 saturated carbocycles. The zero-order valence-corrected chi connectivity index (χ0v) is 31.3. The second kappa shape index (κ2) is 10.6. The minimum Gasteiger partial charge on any atom is -0.309 e. The maximum absolute atomic E-state index is 10.1. The fourth-order valence-corrected chi connectivity index (χ4v) is 10.1. The van der Waals surface area contributed by atoms with Crippen LogP contribution in [0.2, 0.25) is 0 Å². The number of benzene rings is 7. The maximum Gasteiger partial charge on any atom is 0.159 e. The lowest BCUT2D eigenvalue weighted by molar-refractivity contribution is 0.661. The number of fused-ring (bicyclic) bond motifs is 15. The van der Waals surface area contributed by atoms with Crippen molar-refractivity contribution in [3.05, 3.63) is 168 Å². The quantitative estimate of drug-likeness (QED) is 0.176. The second-order valence-electron chi connectivity index (χ2n) is 15.5. The van der Waals surface area contributed by atoms with Gasteiger partial charge in [-0.2, -0.15) is 0 Å². The van der Waals surface area contributed by atoms with Gasteiger partial charge < -0.3 is 4.57 Å². The van der Waals surface area contributed by atoms with E-state index in [4.69, 9.17) is 26.4 Å². The molecular weight excluding hydrogens is 713 g/mol. The predicted octanol–water partition coefficient (Wildman–Crippen LogP) is 13.7. The molecule has 5 heteroatoms. The second-order valence-corrected chi connectivity index (χ2v) is 16.5. The van der Waals surface area contributed by atoms with Gasteiger partial charge in [0, 0.05) is 48.1 Å². The molecule has 0 aliphatic heterocycles. The summed E-state index contributed by atoms with van der Waals surface area (Å²) in [5, 5.41) is 0.188. The molecule has 13 rings (SSSR count). The third-order valence-electron chi connectivity index (χ3n) is 11.8. The molecule has 4 heterocycles. The van der Waals surface area contributed by atoms with Crippen molar-refractivity contribution >= 4 is 75.3 Å². The molecule has 57 heavy (non-hydrogen) atoms. The SMILES string of the molecule is [2H]c1c([2H])c([2H])c2c(c1[2H])-c1c(c([2H])c3c(c1[2H])c1c([2H])c([2H])c([2H])c([2H])c1n3-c1ccc3sc4c(-n5c6c([2H])c([2H])c([2H])c([2H])c6c6c([2H])c7c(c([2H])c65)C(C)(C)c5c([2H])c([2H])c([2H])c([2H])c5-7)ncnc4c3c1)C2(C)C. The zero-order valence-electron chi connectivity index (χ0n) is 50.5. The van der Waals surface area contributed by atoms with Crippen LogP contribution in [0.25, 0.3) is 97.7 Å². The molecule has 0 N–H and O–H groups in total. The first-order valence-electron chi connectivity index (χ1n) is 28.2. The van der Waals surface area contributed by atoms with E-state index in [0.717, 1.165) is 0 Å². The van der Waals surface area contributed by atoms with E-state index in [2.05, 4.69) is 0 Å². The molecule has 0 saturated heterocycles. The highest BCUT2D eigenvalue weighted by Crippen LogP contribution is 2.53. The van der Waals surface area contributed by atoms with Gasteiger partial charge >= 0.3 is 0 Å². The molecule has 0 atom stereocenters. The molecule has 0 bridgehead atoms. The molecule has 4 nitrogen and oxygen atoms in total. The van der Waals surface area contributed by atoms with Gasteiger partial charge in [-0.3, -0.25) is 4.57 Å². The first-order chi connectivity index (χ1) is 36.1. The minimum absolute atomic E-state index is 0.0239. The lowest BCUT2D eigenvalue weighted by Crippen LogP contribution is -2.15. The molecule has 0 radical (unpaired) electrons. The van der Waals surface area contributed by atoms with Crippen LogP contribution >= 0.6 is 11.3 Å². The summed E-state index contributed by atoms with van der Waals surface area (Å²) in [6.07, 6.45) is 1.24. The molecule has 11 aromatic rings. The highest BCUT2D eigenvalue weighted by molar-refractivity contribution is 7.26. The first kappa shape index (κ1) is 18.1. The highest BCUT2D eigenvalue weighted by atomic mass is 32.1. The summed E-state index contributed by atoms with van der Waals surface area (Å²) in [4.78, 5) is 9.45. The summed E-state index contributed by atoms with van der Waals surface area (Å²) in [6, 6.07) is -3.79. The van der Waals surface area contributed by atoms with Crippen molar-refractivity contribution in [2.75, 3.05) is 0 Å². The number of nitrogens with zero attached hydrogens (tertiary/aromatic N) is 4. The third kappa shape index (κ3) is 3.92. The van der Waals surface area contributed by atoms with Gasteiger partial charge in [-0.15, -0.1) is 11.3 Å². The summed E-state index contributed by atoms with van der Waals surface area (Å²) in [6.45, 7) is 6.81. The van der Waals surface area contributed by atoms with E-state index < -0.39 is 95.4 Å². The Morgan fingerprint density at radius 2 is 1.05 bits per heavy atom. The Kier molecular flexibility index (Phi) is 3.38. The number of para-hydroxylation sites is 2. The van der Waals surface area contributed by atoms with E-state index in [1.807, 2.05) is 0 Å². The molecule has 4 aromatic heterocycles. The minimum atomic E-state index is -1.28. The molecule has 0 unspecified atom stereocenters. The van der Waals surface area contributed by atoms with Crippen LogP contribution < -0.4 is 0 Å². The van der Waals surface area contributed by atoms with Crippen LogP contribution in [0.15, 0.2) is 145 Å². The fraction of sp³-hybridized carbons (Fsp3) is 0.115. The van der Waals surface area contributed by atoms with E-state index >= 15 is 0 Å². The topological polar surface area (TPSA) is 35.6 Å². The van der Waals surface area contributed by atoms with Crippen LogP contribution in [0.4, 0.5) is 0 Å². The summed E-state index contributed by atoms with van der Waals surface area (Å²) < 4.78 is 186. The number of rotatable bonds is 2. The lowest BCUT2D eigenvalue weighted by atomic mass is 9.82. The molecule has 0 fully saturated rings. The van der Waals surface area contributed by atoms with E-state index in [9.17, 15) is 11.0 Å². The van der Waals surface area contributed by atoms with Gasteiger partial charge in [0.1, 0.15) is 6.33 Å². The Hall–Kier alpha value is -6.56. The van der Waals surface area contributed by atoms with Crippen LogP contribution in [-0.4, -0.2) is 19.1 Å². The Morgan fingerprint density at radius 1 is 0.509 bits per heavy atom.